The number of hydrogen-bond donors (Lipinski definition) is 1. The zero-order chi connectivity index (χ0) is 12.4. The number of carbonyl (C=O) groups is 2. The van der Waals surface area contributed by atoms with Gasteiger partial charge in [-0.25, -0.2) is 9.78 Å². The molecular formula is C11H13N3O3. The zero-order valence-electron chi connectivity index (χ0n) is 9.46. The highest BCUT2D eigenvalue weighted by atomic mass is 16.4. The molecule has 1 amide bonds. The van der Waals surface area contributed by atoms with E-state index in [-0.39, 0.29) is 11.6 Å². The van der Waals surface area contributed by atoms with Crippen LogP contribution in [-0.4, -0.2) is 53.5 Å². The summed E-state index contributed by atoms with van der Waals surface area (Å²) in [6.45, 7) is 1.71. The van der Waals surface area contributed by atoms with Gasteiger partial charge in [0.25, 0.3) is 0 Å². The molecule has 0 unspecified atom stereocenters. The molecule has 1 fully saturated rings. The van der Waals surface area contributed by atoms with Gasteiger partial charge in [-0.15, -0.1) is 0 Å². The van der Waals surface area contributed by atoms with Crippen molar-refractivity contribution in [1.29, 1.82) is 0 Å². The Hall–Kier alpha value is -2.11. The van der Waals surface area contributed by atoms with Crippen molar-refractivity contribution in [2.24, 2.45) is 0 Å². The number of anilines is 1. The number of rotatable bonds is 2. The fraction of sp³-hybridized carbons (Fsp3) is 0.364. The van der Waals surface area contributed by atoms with Crippen LogP contribution in [0, 0.1) is 0 Å². The molecule has 0 bridgehead atoms. The van der Waals surface area contributed by atoms with E-state index in [4.69, 9.17) is 5.11 Å². The lowest BCUT2D eigenvalue weighted by molar-refractivity contribution is -0.129. The van der Waals surface area contributed by atoms with Crippen LogP contribution in [0.3, 0.4) is 0 Å². The molecule has 0 radical (unpaired) electrons. The number of aromatic carboxylic acids is 1. The molecule has 2 rings (SSSR count). The van der Waals surface area contributed by atoms with E-state index in [0.717, 1.165) is 12.2 Å². The van der Waals surface area contributed by atoms with Crippen molar-refractivity contribution in [2.75, 3.05) is 31.6 Å². The van der Waals surface area contributed by atoms with E-state index < -0.39 is 5.97 Å². The summed E-state index contributed by atoms with van der Waals surface area (Å²) < 4.78 is 0. The van der Waals surface area contributed by atoms with Gasteiger partial charge in [-0.3, -0.25) is 4.79 Å². The second kappa shape index (κ2) is 4.40. The first-order chi connectivity index (χ1) is 8.08. The number of pyridine rings is 1. The molecule has 0 spiro atoms. The van der Waals surface area contributed by atoms with E-state index in [2.05, 4.69) is 4.98 Å². The van der Waals surface area contributed by atoms with Crippen molar-refractivity contribution < 1.29 is 14.7 Å². The van der Waals surface area contributed by atoms with Gasteiger partial charge in [0.2, 0.25) is 5.91 Å². The fourth-order valence-electron chi connectivity index (χ4n) is 1.68. The van der Waals surface area contributed by atoms with E-state index in [0.29, 0.717) is 13.1 Å². The van der Waals surface area contributed by atoms with Crippen molar-refractivity contribution in [2.45, 2.75) is 0 Å². The third-order valence-electron chi connectivity index (χ3n) is 2.79. The molecular weight excluding hydrogens is 222 g/mol. The van der Waals surface area contributed by atoms with Crippen molar-refractivity contribution in [3.05, 3.63) is 24.0 Å². The average Bonchev–Trinajstić information content (AvgIpc) is 2.33. The molecule has 1 aromatic rings. The quantitative estimate of drug-likeness (QED) is 0.784. The van der Waals surface area contributed by atoms with Gasteiger partial charge in [0.05, 0.1) is 18.4 Å². The van der Waals surface area contributed by atoms with E-state index in [9.17, 15) is 9.59 Å². The number of likely N-dealkylation sites (N-methyl/N-ethyl adjacent to an activating group) is 1. The Kier molecular flexibility index (Phi) is 2.95. The van der Waals surface area contributed by atoms with Gasteiger partial charge in [0, 0.05) is 20.1 Å². The number of nitrogens with zero attached hydrogens (tertiary/aromatic N) is 3. The average molecular weight is 235 g/mol. The SMILES string of the molecule is CN1CCN(c2ccc(C(=O)O)nc2)CC1=O. The van der Waals surface area contributed by atoms with Gasteiger partial charge in [-0.05, 0) is 12.1 Å². The highest BCUT2D eigenvalue weighted by Crippen LogP contribution is 2.15. The normalized spacial score (nSPS) is 16.2. The third-order valence-corrected chi connectivity index (χ3v) is 2.79. The van der Waals surface area contributed by atoms with Crippen LogP contribution in [0.2, 0.25) is 0 Å². The Bertz CT molecular complexity index is 444. The molecule has 1 aliphatic heterocycles. The number of aromatic nitrogens is 1. The van der Waals surface area contributed by atoms with Gasteiger partial charge in [-0.2, -0.15) is 0 Å². The Balaban J connectivity index is 2.13. The minimum Gasteiger partial charge on any atom is -0.477 e. The number of carbonyl (C=O) groups excluding carboxylic acids is 1. The lowest BCUT2D eigenvalue weighted by atomic mass is 10.2. The van der Waals surface area contributed by atoms with Crippen LogP contribution < -0.4 is 4.90 Å². The number of amides is 1. The predicted octanol–water partition coefficient (Wildman–Crippen LogP) is 0.0582. The Morgan fingerprint density at radius 1 is 1.41 bits per heavy atom. The van der Waals surface area contributed by atoms with Crippen molar-refractivity contribution in [1.82, 2.24) is 9.88 Å². The minimum absolute atomic E-state index is 0.00852. The number of piperazine rings is 1. The molecule has 17 heavy (non-hydrogen) atoms. The molecule has 6 heteroatoms. The first kappa shape index (κ1) is 11.4. The van der Waals surface area contributed by atoms with Gasteiger partial charge in [0.15, 0.2) is 0 Å². The number of carboxylic acids is 1. The molecule has 0 aromatic carbocycles. The van der Waals surface area contributed by atoms with Crippen LogP contribution in [0.4, 0.5) is 5.69 Å². The first-order valence-corrected chi connectivity index (χ1v) is 5.26. The molecule has 1 aromatic heterocycles. The third kappa shape index (κ3) is 2.35. The zero-order valence-corrected chi connectivity index (χ0v) is 9.46. The molecule has 1 N–H and O–H groups in total. The van der Waals surface area contributed by atoms with Gasteiger partial charge >= 0.3 is 5.97 Å². The lowest BCUT2D eigenvalue weighted by Gasteiger charge is -2.33. The summed E-state index contributed by atoms with van der Waals surface area (Å²) in [4.78, 5) is 29.6. The number of carboxylic acid groups (broad SMARTS) is 1. The van der Waals surface area contributed by atoms with Crippen LogP contribution in [0.1, 0.15) is 10.5 Å². The molecule has 1 saturated heterocycles. The summed E-state index contributed by atoms with van der Waals surface area (Å²) >= 11 is 0. The largest absolute Gasteiger partial charge is 0.477 e. The standard InChI is InChI=1S/C11H13N3O3/c1-13-4-5-14(7-10(13)15)8-2-3-9(11(16)17)12-6-8/h2-3,6H,4-5,7H2,1H3,(H,16,17). The van der Waals surface area contributed by atoms with Crippen LogP contribution in [0.5, 0.6) is 0 Å². The van der Waals surface area contributed by atoms with Crippen LogP contribution in [0.15, 0.2) is 18.3 Å². The van der Waals surface area contributed by atoms with Crippen molar-refractivity contribution >= 4 is 17.6 Å². The highest BCUT2D eigenvalue weighted by Gasteiger charge is 2.21. The van der Waals surface area contributed by atoms with Crippen LogP contribution >= 0.6 is 0 Å². The summed E-state index contributed by atoms with van der Waals surface area (Å²) in [5, 5.41) is 8.73. The smallest absolute Gasteiger partial charge is 0.354 e. The second-order valence-corrected chi connectivity index (χ2v) is 3.94. The molecule has 6 nitrogen and oxygen atoms in total. The lowest BCUT2D eigenvalue weighted by Crippen LogP contribution is -2.48. The molecule has 2 heterocycles. The summed E-state index contributed by atoms with van der Waals surface area (Å²) in [6.07, 6.45) is 1.49. The second-order valence-electron chi connectivity index (χ2n) is 3.94. The first-order valence-electron chi connectivity index (χ1n) is 5.26. The maximum Gasteiger partial charge on any atom is 0.354 e. The Labute approximate surface area is 98.5 Å². The van der Waals surface area contributed by atoms with Crippen LogP contribution in [-0.2, 0) is 4.79 Å². The van der Waals surface area contributed by atoms with Gasteiger partial charge in [-0.1, -0.05) is 0 Å². The molecule has 0 saturated carbocycles. The van der Waals surface area contributed by atoms with E-state index in [1.807, 2.05) is 4.90 Å². The Morgan fingerprint density at radius 3 is 2.71 bits per heavy atom. The maximum absolute atomic E-state index is 11.5. The van der Waals surface area contributed by atoms with E-state index in [1.54, 1.807) is 18.0 Å². The summed E-state index contributed by atoms with van der Waals surface area (Å²) in [7, 11) is 1.77. The fourth-order valence-corrected chi connectivity index (χ4v) is 1.68. The molecule has 1 aliphatic rings. The topological polar surface area (TPSA) is 73.7 Å². The molecule has 90 valence electrons. The molecule has 0 aliphatic carbocycles. The maximum atomic E-state index is 11.5. The van der Waals surface area contributed by atoms with Crippen molar-refractivity contribution in [3.8, 4) is 0 Å². The van der Waals surface area contributed by atoms with Crippen LogP contribution in [0.25, 0.3) is 0 Å². The summed E-state index contributed by atoms with van der Waals surface area (Å²) in [5.41, 5.74) is 0.783. The van der Waals surface area contributed by atoms with E-state index >= 15 is 0 Å². The van der Waals surface area contributed by atoms with Crippen molar-refractivity contribution in [3.63, 3.8) is 0 Å². The van der Waals surface area contributed by atoms with Gasteiger partial charge in [0.1, 0.15) is 5.69 Å². The summed E-state index contributed by atoms with van der Waals surface area (Å²) in [5.74, 6) is -0.996. The summed E-state index contributed by atoms with van der Waals surface area (Å²) in [6, 6.07) is 3.12. The minimum atomic E-state index is -1.05. The molecule has 0 atom stereocenters. The highest BCUT2D eigenvalue weighted by molar-refractivity contribution is 5.86. The number of hydrogen-bond acceptors (Lipinski definition) is 4. The predicted molar refractivity (Wildman–Crippen MR) is 61.0 cm³/mol. The monoisotopic (exact) mass is 235 g/mol. The van der Waals surface area contributed by atoms with Gasteiger partial charge < -0.3 is 14.9 Å². The Morgan fingerprint density at radius 2 is 2.18 bits per heavy atom. The van der Waals surface area contributed by atoms with E-state index in [1.165, 1.54) is 12.3 Å².